The summed E-state index contributed by atoms with van der Waals surface area (Å²) in [6.45, 7) is 6.66. The average molecular weight is 375 g/mol. The van der Waals surface area contributed by atoms with Crippen LogP contribution >= 0.6 is 0 Å². The van der Waals surface area contributed by atoms with Crippen molar-refractivity contribution in [1.29, 1.82) is 0 Å². The van der Waals surface area contributed by atoms with Gasteiger partial charge in [-0.05, 0) is 27.2 Å². The molecule has 0 atom stereocenters. The molecule has 2 aromatic rings. The molecule has 0 spiro atoms. The van der Waals surface area contributed by atoms with Gasteiger partial charge in [-0.25, -0.2) is 0 Å². The van der Waals surface area contributed by atoms with E-state index in [2.05, 4.69) is 75.4 Å². The van der Waals surface area contributed by atoms with E-state index in [-0.39, 0.29) is 26.2 Å². The third-order valence-electron chi connectivity index (χ3n) is 4.59. The Kier molecular flexibility index (Phi) is 4.43. The van der Waals surface area contributed by atoms with Gasteiger partial charge in [0.1, 0.15) is 0 Å². The molecule has 0 nitrogen and oxygen atoms in total. The molecular weight excluding hydrogens is 355 g/mol. The molecule has 2 aliphatic rings. The van der Waals surface area contributed by atoms with Gasteiger partial charge in [0.05, 0.1) is 0 Å². The van der Waals surface area contributed by atoms with Crippen LogP contribution in [0.1, 0.15) is 37.0 Å². The van der Waals surface area contributed by atoms with Crippen molar-refractivity contribution >= 4 is 17.2 Å². The van der Waals surface area contributed by atoms with Crippen molar-refractivity contribution < 1.29 is 26.2 Å². The molecule has 0 radical (unpaired) electrons. The van der Waals surface area contributed by atoms with Crippen LogP contribution in [0.3, 0.4) is 0 Å². The number of allylic oxidation sites excluding steroid dienone is 4. The van der Waals surface area contributed by atoms with Crippen molar-refractivity contribution in [2.24, 2.45) is 0 Å². The van der Waals surface area contributed by atoms with Crippen LogP contribution in [0.15, 0.2) is 48.6 Å². The number of hydrogen-bond donors (Lipinski definition) is 0. The molecule has 0 saturated carbocycles. The molecule has 1 heteroatoms. The number of hydrogen-bond acceptors (Lipinski definition) is 0. The Morgan fingerprint density at radius 1 is 1.09 bits per heavy atom. The van der Waals surface area contributed by atoms with Crippen molar-refractivity contribution in [3.63, 3.8) is 0 Å². The van der Waals surface area contributed by atoms with Crippen LogP contribution in [0, 0.1) is 17.4 Å². The maximum Gasteiger partial charge on any atom is 0 e. The first-order valence-corrected chi connectivity index (χ1v) is 7.87. The molecule has 112 valence electrons. The predicted molar refractivity (Wildman–Crippen MR) is 93.5 cm³/mol. The third-order valence-corrected chi connectivity index (χ3v) is 4.59. The van der Waals surface area contributed by atoms with Crippen molar-refractivity contribution in [3.8, 4) is 0 Å². The van der Waals surface area contributed by atoms with Gasteiger partial charge in [-0.3, -0.25) is 0 Å². The zero-order valence-electron chi connectivity index (χ0n) is 13.8. The molecule has 2 aliphatic carbocycles. The number of fused-ring (bicyclic) bond motifs is 2. The zero-order valence-corrected chi connectivity index (χ0v) is 16.3. The standard InChI is InChI=1S/C22H19.Zr/c1-14(2)21-15(3)12-19-18-11-7-6-10-17(18)13-20(19)22(21)16-8-4-5-9-16;/h4-8,10-12H,9H2,1-3H3;/q-1;. The summed E-state index contributed by atoms with van der Waals surface area (Å²) in [5.74, 6) is 0. The van der Waals surface area contributed by atoms with Crippen molar-refractivity contribution in [2.75, 3.05) is 0 Å². The predicted octanol–water partition coefficient (Wildman–Crippen LogP) is 3.83. The Morgan fingerprint density at radius 3 is 2.57 bits per heavy atom. The van der Waals surface area contributed by atoms with Gasteiger partial charge in [0, 0.05) is 26.2 Å². The summed E-state index contributed by atoms with van der Waals surface area (Å²) in [6.07, 6.45) is 11.3. The molecule has 0 aliphatic heterocycles. The first-order valence-electron chi connectivity index (χ1n) is 7.87. The third kappa shape index (κ3) is 2.56. The van der Waals surface area contributed by atoms with E-state index < -0.39 is 0 Å². The summed E-state index contributed by atoms with van der Waals surface area (Å²) in [4.78, 5) is 0. The Labute approximate surface area is 156 Å². The first-order chi connectivity index (χ1) is 10.7. The molecule has 0 heterocycles. The van der Waals surface area contributed by atoms with Gasteiger partial charge in [0.15, 0.2) is 0 Å². The second-order valence-corrected chi connectivity index (χ2v) is 6.36. The van der Waals surface area contributed by atoms with E-state index in [9.17, 15) is 0 Å². The molecule has 0 unspecified atom stereocenters. The molecule has 4 rings (SSSR count). The SMILES string of the molecule is CC(C)=c1c(C)cc2c(c1C1=CC=CC1)[C-]=c1ccccc1=2.[Zr]. The average Bonchev–Trinajstić information content (AvgIpc) is 3.13. The van der Waals surface area contributed by atoms with Gasteiger partial charge >= 0.3 is 0 Å². The van der Waals surface area contributed by atoms with Crippen LogP contribution in [-0.2, 0) is 26.2 Å². The minimum Gasteiger partial charge on any atom is -0.123 e. The summed E-state index contributed by atoms with van der Waals surface area (Å²) in [7, 11) is 0. The van der Waals surface area contributed by atoms with E-state index in [1.54, 1.807) is 0 Å². The fourth-order valence-corrected chi connectivity index (χ4v) is 3.72. The molecule has 0 aromatic heterocycles. The molecule has 0 amide bonds. The Morgan fingerprint density at radius 2 is 1.87 bits per heavy atom. The Balaban J connectivity index is 0.00000156. The monoisotopic (exact) mass is 373 g/mol. The van der Waals surface area contributed by atoms with Gasteiger partial charge in [0.2, 0.25) is 0 Å². The molecule has 0 saturated heterocycles. The van der Waals surface area contributed by atoms with Crippen LogP contribution in [-0.4, -0.2) is 0 Å². The van der Waals surface area contributed by atoms with Crippen LogP contribution in [0.2, 0.25) is 0 Å². The smallest absolute Gasteiger partial charge is 0 e. The van der Waals surface area contributed by atoms with Crippen molar-refractivity contribution in [2.45, 2.75) is 27.2 Å². The Bertz CT molecular complexity index is 1060. The van der Waals surface area contributed by atoms with Gasteiger partial charge in [0.25, 0.3) is 0 Å². The quantitative estimate of drug-likeness (QED) is 0.568. The van der Waals surface area contributed by atoms with E-state index in [1.165, 1.54) is 48.7 Å². The Hall–Kier alpha value is -1.46. The summed E-state index contributed by atoms with van der Waals surface area (Å²) >= 11 is 0. The van der Waals surface area contributed by atoms with E-state index in [1.807, 2.05) is 0 Å². The van der Waals surface area contributed by atoms with Gasteiger partial charge < -0.3 is 0 Å². The number of aryl methyl sites for hydroxylation is 1. The molecular formula is C22H19Zr-. The second-order valence-electron chi connectivity index (χ2n) is 6.36. The van der Waals surface area contributed by atoms with E-state index in [4.69, 9.17) is 0 Å². The maximum absolute atomic E-state index is 3.66. The number of rotatable bonds is 1. The second kappa shape index (κ2) is 6.21. The van der Waals surface area contributed by atoms with Crippen LogP contribution in [0.5, 0.6) is 0 Å². The summed E-state index contributed by atoms with van der Waals surface area (Å²) < 4.78 is 0. The van der Waals surface area contributed by atoms with Gasteiger partial charge in [-0.2, -0.15) is 0 Å². The van der Waals surface area contributed by atoms with E-state index >= 15 is 0 Å². The summed E-state index contributed by atoms with van der Waals surface area (Å²) in [6, 6.07) is 10.9. The maximum atomic E-state index is 3.66. The van der Waals surface area contributed by atoms with Crippen molar-refractivity contribution in [1.82, 2.24) is 0 Å². The minimum absolute atomic E-state index is 0. The fraction of sp³-hybridized carbons (Fsp3) is 0.182. The summed E-state index contributed by atoms with van der Waals surface area (Å²) in [5, 5.41) is 5.26. The first kappa shape index (κ1) is 16.4. The largest absolute Gasteiger partial charge is 0.123 e. The number of benzene rings is 2. The van der Waals surface area contributed by atoms with Gasteiger partial charge in [-0.1, -0.05) is 70.0 Å². The molecule has 0 N–H and O–H groups in total. The minimum atomic E-state index is 0. The molecule has 0 fully saturated rings. The van der Waals surface area contributed by atoms with Crippen molar-refractivity contribution in [3.05, 3.63) is 86.1 Å². The summed E-state index contributed by atoms with van der Waals surface area (Å²) in [5.41, 5.74) is 6.81. The van der Waals surface area contributed by atoms with Gasteiger partial charge in [-0.15, -0.1) is 33.4 Å². The van der Waals surface area contributed by atoms with Crippen LogP contribution in [0.25, 0.3) is 17.2 Å². The van der Waals surface area contributed by atoms with E-state index in [0.717, 1.165) is 6.42 Å². The normalized spacial score (nSPS) is 13.8. The fourth-order valence-electron chi connectivity index (χ4n) is 3.72. The van der Waals surface area contributed by atoms with Crippen LogP contribution in [0.4, 0.5) is 0 Å². The topological polar surface area (TPSA) is 0 Å². The van der Waals surface area contributed by atoms with Crippen LogP contribution < -0.4 is 10.4 Å². The molecule has 2 aromatic carbocycles. The molecule has 23 heavy (non-hydrogen) atoms. The molecule has 0 bridgehead atoms. The zero-order chi connectivity index (χ0) is 15.3. The van der Waals surface area contributed by atoms with E-state index in [0.29, 0.717) is 0 Å².